The highest BCUT2D eigenvalue weighted by molar-refractivity contribution is 5.40. The van der Waals surface area contributed by atoms with Crippen LogP contribution in [0.1, 0.15) is 18.3 Å². The van der Waals surface area contributed by atoms with E-state index in [2.05, 4.69) is 21.4 Å². The summed E-state index contributed by atoms with van der Waals surface area (Å²) in [7, 11) is 0. The molecule has 1 atom stereocenters. The summed E-state index contributed by atoms with van der Waals surface area (Å²) in [5.41, 5.74) is 1.26. The van der Waals surface area contributed by atoms with Crippen molar-refractivity contribution in [2.45, 2.75) is 26.4 Å². The monoisotopic (exact) mass is 285 g/mol. The van der Waals surface area contributed by atoms with Crippen molar-refractivity contribution >= 4 is 5.82 Å². The van der Waals surface area contributed by atoms with Gasteiger partial charge in [0, 0.05) is 12.5 Å². The molecule has 1 aromatic heterocycles. The Labute approximate surface area is 124 Å². The molecule has 0 amide bonds. The average molecular weight is 285 g/mol. The van der Waals surface area contributed by atoms with E-state index >= 15 is 0 Å². The lowest BCUT2D eigenvalue weighted by Gasteiger charge is -2.13. The van der Waals surface area contributed by atoms with Gasteiger partial charge in [0.05, 0.1) is 13.2 Å². The normalized spacial score (nSPS) is 16.2. The fourth-order valence-corrected chi connectivity index (χ4v) is 2.44. The molecule has 0 radical (unpaired) electrons. The lowest BCUT2D eigenvalue weighted by atomic mass is 10.1. The van der Waals surface area contributed by atoms with E-state index < -0.39 is 0 Å². The molecule has 0 aliphatic carbocycles. The summed E-state index contributed by atoms with van der Waals surface area (Å²) >= 11 is 0. The summed E-state index contributed by atoms with van der Waals surface area (Å²) in [6.07, 6.45) is 1.05. The summed E-state index contributed by atoms with van der Waals surface area (Å²) in [6.45, 7) is 5.09. The molecule has 1 aliphatic rings. The number of aromatic nitrogens is 2. The SMILES string of the molecule is CCOc1cc(NCC2Cc3ccccc3O2)nc(C)n1. The largest absolute Gasteiger partial charge is 0.488 e. The van der Waals surface area contributed by atoms with Gasteiger partial charge in [-0.3, -0.25) is 0 Å². The zero-order valence-electron chi connectivity index (χ0n) is 12.3. The molecule has 110 valence electrons. The molecular weight excluding hydrogens is 266 g/mol. The maximum Gasteiger partial charge on any atom is 0.218 e. The highest BCUT2D eigenvalue weighted by Gasteiger charge is 2.22. The van der Waals surface area contributed by atoms with Gasteiger partial charge in [0.1, 0.15) is 23.5 Å². The third kappa shape index (κ3) is 3.24. The number of nitrogens with zero attached hydrogens (tertiary/aromatic N) is 2. The zero-order chi connectivity index (χ0) is 14.7. The van der Waals surface area contributed by atoms with Crippen molar-refractivity contribution in [3.63, 3.8) is 0 Å². The first-order valence-electron chi connectivity index (χ1n) is 7.21. The van der Waals surface area contributed by atoms with E-state index in [1.165, 1.54) is 5.56 Å². The van der Waals surface area contributed by atoms with Gasteiger partial charge in [-0.2, -0.15) is 4.98 Å². The number of ether oxygens (including phenoxy) is 2. The maximum absolute atomic E-state index is 5.90. The first kappa shape index (κ1) is 13.7. The fourth-order valence-electron chi connectivity index (χ4n) is 2.44. The molecule has 0 saturated heterocycles. The third-order valence-corrected chi connectivity index (χ3v) is 3.33. The van der Waals surface area contributed by atoms with Gasteiger partial charge in [-0.25, -0.2) is 4.98 Å². The molecule has 0 saturated carbocycles. The van der Waals surface area contributed by atoms with Gasteiger partial charge in [-0.05, 0) is 25.5 Å². The summed E-state index contributed by atoms with van der Waals surface area (Å²) in [5.74, 6) is 3.05. The van der Waals surface area contributed by atoms with Crippen molar-refractivity contribution in [2.75, 3.05) is 18.5 Å². The first-order valence-corrected chi connectivity index (χ1v) is 7.21. The maximum atomic E-state index is 5.90. The lowest BCUT2D eigenvalue weighted by Crippen LogP contribution is -2.24. The second-order valence-electron chi connectivity index (χ2n) is 5.00. The Balaban J connectivity index is 1.61. The number of nitrogens with one attached hydrogen (secondary N) is 1. The van der Waals surface area contributed by atoms with Crippen molar-refractivity contribution in [3.8, 4) is 11.6 Å². The Morgan fingerprint density at radius 2 is 2.19 bits per heavy atom. The van der Waals surface area contributed by atoms with Crippen LogP contribution in [0.2, 0.25) is 0 Å². The number of rotatable bonds is 5. The third-order valence-electron chi connectivity index (χ3n) is 3.33. The Kier molecular flexibility index (Phi) is 3.90. The van der Waals surface area contributed by atoms with Crippen LogP contribution in [0.15, 0.2) is 30.3 Å². The summed E-state index contributed by atoms with van der Waals surface area (Å²) < 4.78 is 11.3. The second-order valence-corrected chi connectivity index (χ2v) is 5.00. The van der Waals surface area contributed by atoms with Crippen LogP contribution in [0, 0.1) is 6.92 Å². The Bertz CT molecular complexity index is 606. The topological polar surface area (TPSA) is 56.3 Å². The van der Waals surface area contributed by atoms with Crippen LogP contribution in [-0.2, 0) is 6.42 Å². The van der Waals surface area contributed by atoms with Crippen LogP contribution in [0.5, 0.6) is 11.6 Å². The molecule has 3 rings (SSSR count). The van der Waals surface area contributed by atoms with E-state index in [9.17, 15) is 0 Å². The quantitative estimate of drug-likeness (QED) is 0.915. The fraction of sp³-hybridized carbons (Fsp3) is 0.375. The number of fused-ring (bicyclic) bond motifs is 1. The van der Waals surface area contributed by atoms with Gasteiger partial charge in [0.25, 0.3) is 0 Å². The Morgan fingerprint density at radius 3 is 3.00 bits per heavy atom. The minimum absolute atomic E-state index is 0.133. The predicted octanol–water partition coefficient (Wildman–Crippen LogP) is 2.60. The summed E-state index contributed by atoms with van der Waals surface area (Å²) in [6, 6.07) is 9.98. The number of anilines is 1. The second kappa shape index (κ2) is 5.99. The van der Waals surface area contributed by atoms with Gasteiger partial charge in [-0.1, -0.05) is 18.2 Å². The van der Waals surface area contributed by atoms with E-state index in [-0.39, 0.29) is 6.10 Å². The van der Waals surface area contributed by atoms with Crippen LogP contribution < -0.4 is 14.8 Å². The number of para-hydroxylation sites is 1. The average Bonchev–Trinajstić information content (AvgIpc) is 2.88. The smallest absolute Gasteiger partial charge is 0.218 e. The molecule has 1 N–H and O–H groups in total. The van der Waals surface area contributed by atoms with Crippen molar-refractivity contribution in [3.05, 3.63) is 41.7 Å². The van der Waals surface area contributed by atoms with Crippen molar-refractivity contribution in [1.29, 1.82) is 0 Å². The molecule has 2 aromatic rings. The molecule has 5 nitrogen and oxygen atoms in total. The molecule has 2 heterocycles. The van der Waals surface area contributed by atoms with E-state index in [4.69, 9.17) is 9.47 Å². The first-order chi connectivity index (χ1) is 10.2. The van der Waals surface area contributed by atoms with Crippen LogP contribution in [0.4, 0.5) is 5.82 Å². The summed E-state index contributed by atoms with van der Waals surface area (Å²) in [4.78, 5) is 8.60. The number of hydrogen-bond acceptors (Lipinski definition) is 5. The minimum Gasteiger partial charge on any atom is -0.488 e. The van der Waals surface area contributed by atoms with Gasteiger partial charge >= 0.3 is 0 Å². The van der Waals surface area contributed by atoms with Crippen molar-refractivity contribution in [2.24, 2.45) is 0 Å². The van der Waals surface area contributed by atoms with E-state index in [1.807, 2.05) is 38.1 Å². The molecule has 0 bridgehead atoms. The summed E-state index contributed by atoms with van der Waals surface area (Å²) in [5, 5.41) is 3.30. The molecular formula is C16H19N3O2. The van der Waals surface area contributed by atoms with Crippen molar-refractivity contribution in [1.82, 2.24) is 9.97 Å². The minimum atomic E-state index is 0.133. The highest BCUT2D eigenvalue weighted by atomic mass is 16.5. The molecule has 0 fully saturated rings. The molecule has 1 unspecified atom stereocenters. The molecule has 5 heteroatoms. The standard InChI is InChI=1S/C16H19N3O2/c1-3-20-16-9-15(18-11(2)19-16)17-10-13-8-12-6-4-5-7-14(12)21-13/h4-7,9,13H,3,8,10H2,1-2H3,(H,17,18,19). The van der Waals surface area contributed by atoms with Gasteiger partial charge < -0.3 is 14.8 Å². The van der Waals surface area contributed by atoms with Gasteiger partial charge in [0.15, 0.2) is 0 Å². The van der Waals surface area contributed by atoms with Gasteiger partial charge in [0.2, 0.25) is 5.88 Å². The number of aryl methyl sites for hydroxylation is 1. The lowest BCUT2D eigenvalue weighted by molar-refractivity contribution is 0.246. The van der Waals surface area contributed by atoms with E-state index in [0.29, 0.717) is 24.9 Å². The molecule has 1 aromatic carbocycles. The van der Waals surface area contributed by atoms with Crippen LogP contribution >= 0.6 is 0 Å². The number of benzene rings is 1. The highest BCUT2D eigenvalue weighted by Crippen LogP contribution is 2.28. The van der Waals surface area contributed by atoms with Crippen molar-refractivity contribution < 1.29 is 9.47 Å². The Morgan fingerprint density at radius 1 is 1.33 bits per heavy atom. The van der Waals surface area contributed by atoms with Crippen LogP contribution in [-0.4, -0.2) is 29.2 Å². The zero-order valence-corrected chi connectivity index (χ0v) is 12.3. The van der Waals surface area contributed by atoms with Crippen LogP contribution in [0.3, 0.4) is 0 Å². The molecule has 1 aliphatic heterocycles. The predicted molar refractivity (Wildman–Crippen MR) is 81.0 cm³/mol. The molecule has 21 heavy (non-hydrogen) atoms. The Hall–Kier alpha value is -2.30. The number of hydrogen-bond donors (Lipinski definition) is 1. The van der Waals surface area contributed by atoms with E-state index in [1.54, 1.807) is 0 Å². The van der Waals surface area contributed by atoms with E-state index in [0.717, 1.165) is 18.0 Å². The molecule has 0 spiro atoms. The van der Waals surface area contributed by atoms with Crippen LogP contribution in [0.25, 0.3) is 0 Å². The van der Waals surface area contributed by atoms with Gasteiger partial charge in [-0.15, -0.1) is 0 Å².